The van der Waals surface area contributed by atoms with Gasteiger partial charge in [0.1, 0.15) is 5.82 Å². The van der Waals surface area contributed by atoms with E-state index < -0.39 is 0 Å². The molecule has 1 aromatic carbocycles. The predicted octanol–water partition coefficient (Wildman–Crippen LogP) is 2.46. The van der Waals surface area contributed by atoms with E-state index >= 15 is 0 Å². The fraction of sp³-hybridized carbons (Fsp3) is 0.333. The smallest absolute Gasteiger partial charge is 0.171 e. The summed E-state index contributed by atoms with van der Waals surface area (Å²) in [5.41, 5.74) is 6.94. The Bertz CT molecular complexity index is 495. The third kappa shape index (κ3) is 2.65. The van der Waals surface area contributed by atoms with E-state index in [2.05, 4.69) is 22.1 Å². The molecule has 1 heterocycles. The molecule has 2 aromatic rings. The summed E-state index contributed by atoms with van der Waals surface area (Å²) in [7, 11) is 0. The highest BCUT2D eigenvalue weighted by molar-refractivity contribution is 6.31. The van der Waals surface area contributed by atoms with Crippen LogP contribution in [0.25, 0.3) is 0 Å². The summed E-state index contributed by atoms with van der Waals surface area (Å²) in [5.74, 6) is 1.45. The molecular weight excluding hydrogens is 236 g/mol. The number of rotatable bonds is 4. The quantitative estimate of drug-likeness (QED) is 0.876. The van der Waals surface area contributed by atoms with Crippen molar-refractivity contribution in [3.8, 4) is 0 Å². The predicted molar refractivity (Wildman–Crippen MR) is 67.9 cm³/mol. The van der Waals surface area contributed by atoms with Crippen LogP contribution in [0.5, 0.6) is 0 Å². The molecule has 1 aromatic heterocycles. The van der Waals surface area contributed by atoms with Crippen molar-refractivity contribution in [3.63, 3.8) is 0 Å². The maximum absolute atomic E-state index is 6.10. The highest BCUT2D eigenvalue weighted by atomic mass is 35.5. The summed E-state index contributed by atoms with van der Waals surface area (Å²) < 4.78 is 0. The van der Waals surface area contributed by atoms with Gasteiger partial charge in [-0.2, -0.15) is 5.10 Å². The number of hydrogen-bond donors (Lipinski definition) is 2. The maximum Gasteiger partial charge on any atom is 0.171 e. The highest BCUT2D eigenvalue weighted by Crippen LogP contribution is 2.24. The van der Waals surface area contributed by atoms with Crippen molar-refractivity contribution < 1.29 is 0 Å². The molecular formula is C12H15ClN4. The van der Waals surface area contributed by atoms with E-state index in [4.69, 9.17) is 17.3 Å². The van der Waals surface area contributed by atoms with Gasteiger partial charge in [0.15, 0.2) is 5.82 Å². The van der Waals surface area contributed by atoms with Crippen LogP contribution in [-0.2, 0) is 6.42 Å². The number of H-pyrrole nitrogens is 1. The summed E-state index contributed by atoms with van der Waals surface area (Å²) in [6, 6.07) is 7.10. The molecule has 90 valence electrons. The number of aromatic amines is 1. The van der Waals surface area contributed by atoms with Crippen molar-refractivity contribution in [1.29, 1.82) is 0 Å². The van der Waals surface area contributed by atoms with Crippen LogP contribution in [-0.4, -0.2) is 15.2 Å². The normalized spacial score (nSPS) is 12.6. The summed E-state index contributed by atoms with van der Waals surface area (Å²) >= 11 is 6.09. The second kappa shape index (κ2) is 5.29. The number of aromatic nitrogens is 3. The minimum atomic E-state index is -0.384. The first-order valence-electron chi connectivity index (χ1n) is 5.63. The largest absolute Gasteiger partial charge is 0.318 e. The standard InChI is InChI=1S/C12H15ClN4/c1-2-5-10-15-12(17-16-10)11(14)8-6-3-4-7-9(8)13/h3-4,6-7,11H,2,5,14H2,1H3,(H,15,16,17)/t11-/m1/s1. The first-order chi connectivity index (χ1) is 8.22. The van der Waals surface area contributed by atoms with E-state index in [-0.39, 0.29) is 6.04 Å². The molecule has 0 saturated heterocycles. The van der Waals surface area contributed by atoms with Crippen molar-refractivity contribution in [3.05, 3.63) is 46.5 Å². The van der Waals surface area contributed by atoms with E-state index in [1.54, 1.807) is 0 Å². The molecule has 0 aliphatic carbocycles. The van der Waals surface area contributed by atoms with E-state index in [9.17, 15) is 0 Å². The minimum Gasteiger partial charge on any atom is -0.318 e. The molecule has 1 atom stereocenters. The summed E-state index contributed by atoms with van der Waals surface area (Å²) in [6.07, 6.45) is 1.90. The lowest BCUT2D eigenvalue weighted by Crippen LogP contribution is -2.14. The van der Waals surface area contributed by atoms with Crippen LogP contribution in [0, 0.1) is 0 Å². The van der Waals surface area contributed by atoms with Crippen LogP contribution in [0.4, 0.5) is 0 Å². The van der Waals surface area contributed by atoms with Crippen LogP contribution >= 0.6 is 11.6 Å². The minimum absolute atomic E-state index is 0.384. The van der Waals surface area contributed by atoms with Crippen LogP contribution < -0.4 is 5.73 Å². The Hall–Kier alpha value is -1.39. The first kappa shape index (κ1) is 12.1. The molecule has 2 rings (SSSR count). The lowest BCUT2D eigenvalue weighted by molar-refractivity contribution is 0.786. The van der Waals surface area contributed by atoms with Crippen LogP contribution in [0.2, 0.25) is 5.02 Å². The van der Waals surface area contributed by atoms with Gasteiger partial charge in [0.2, 0.25) is 0 Å². The SMILES string of the molecule is CCCc1nc([C@H](N)c2ccccc2Cl)n[nH]1. The zero-order chi connectivity index (χ0) is 12.3. The average molecular weight is 251 g/mol. The van der Waals surface area contributed by atoms with Crippen molar-refractivity contribution in [2.75, 3.05) is 0 Å². The molecule has 0 fully saturated rings. The van der Waals surface area contributed by atoms with E-state index in [1.165, 1.54) is 0 Å². The molecule has 0 spiro atoms. The van der Waals surface area contributed by atoms with Crippen molar-refractivity contribution >= 4 is 11.6 Å². The molecule has 0 bridgehead atoms. The second-order valence-corrected chi connectivity index (χ2v) is 4.30. The Morgan fingerprint density at radius 2 is 2.18 bits per heavy atom. The number of hydrogen-bond acceptors (Lipinski definition) is 3. The van der Waals surface area contributed by atoms with Gasteiger partial charge in [-0.25, -0.2) is 4.98 Å². The Morgan fingerprint density at radius 1 is 1.41 bits per heavy atom. The number of aryl methyl sites for hydroxylation is 1. The summed E-state index contributed by atoms with van der Waals surface area (Å²) in [6.45, 7) is 2.09. The van der Waals surface area contributed by atoms with Gasteiger partial charge >= 0.3 is 0 Å². The van der Waals surface area contributed by atoms with Crippen molar-refractivity contribution in [1.82, 2.24) is 15.2 Å². The van der Waals surface area contributed by atoms with Crippen LogP contribution in [0.3, 0.4) is 0 Å². The van der Waals surface area contributed by atoms with Crippen LogP contribution in [0.1, 0.15) is 36.6 Å². The van der Waals surface area contributed by atoms with Gasteiger partial charge in [0.05, 0.1) is 6.04 Å². The van der Waals surface area contributed by atoms with E-state index in [0.717, 1.165) is 24.2 Å². The van der Waals surface area contributed by atoms with Crippen molar-refractivity contribution in [2.45, 2.75) is 25.8 Å². The molecule has 0 radical (unpaired) electrons. The highest BCUT2D eigenvalue weighted by Gasteiger charge is 2.16. The Morgan fingerprint density at radius 3 is 2.88 bits per heavy atom. The summed E-state index contributed by atoms with van der Waals surface area (Å²) in [4.78, 5) is 4.37. The molecule has 0 unspecified atom stereocenters. The van der Waals surface area contributed by atoms with Gasteiger partial charge in [0.25, 0.3) is 0 Å². The lowest BCUT2D eigenvalue weighted by Gasteiger charge is -2.09. The number of halogens is 1. The Balaban J connectivity index is 2.24. The number of benzene rings is 1. The van der Waals surface area contributed by atoms with E-state index in [1.807, 2.05) is 24.3 Å². The fourth-order valence-electron chi connectivity index (χ4n) is 1.66. The van der Waals surface area contributed by atoms with Gasteiger partial charge in [0, 0.05) is 11.4 Å². The first-order valence-corrected chi connectivity index (χ1v) is 6.01. The molecule has 17 heavy (non-hydrogen) atoms. The Kier molecular flexibility index (Phi) is 3.76. The molecule has 0 saturated carbocycles. The lowest BCUT2D eigenvalue weighted by atomic mass is 10.1. The molecule has 0 aliphatic heterocycles. The van der Waals surface area contributed by atoms with Gasteiger partial charge in [-0.15, -0.1) is 0 Å². The number of nitrogens with two attached hydrogens (primary N) is 1. The van der Waals surface area contributed by atoms with Gasteiger partial charge in [-0.05, 0) is 18.1 Å². The summed E-state index contributed by atoms with van der Waals surface area (Å²) in [5, 5.41) is 7.67. The number of nitrogens with zero attached hydrogens (tertiary/aromatic N) is 2. The third-order valence-corrected chi connectivity index (χ3v) is 2.90. The van der Waals surface area contributed by atoms with Crippen molar-refractivity contribution in [2.24, 2.45) is 5.73 Å². The average Bonchev–Trinajstić information content (AvgIpc) is 2.78. The maximum atomic E-state index is 6.10. The molecule has 3 N–H and O–H groups in total. The topological polar surface area (TPSA) is 67.6 Å². The molecule has 0 aliphatic rings. The number of nitrogens with one attached hydrogen (secondary N) is 1. The van der Waals surface area contributed by atoms with Gasteiger partial charge in [-0.3, -0.25) is 5.10 Å². The Labute approximate surface area is 105 Å². The van der Waals surface area contributed by atoms with Gasteiger partial charge < -0.3 is 5.73 Å². The monoisotopic (exact) mass is 250 g/mol. The second-order valence-electron chi connectivity index (χ2n) is 3.89. The van der Waals surface area contributed by atoms with Gasteiger partial charge in [-0.1, -0.05) is 36.7 Å². The fourth-order valence-corrected chi connectivity index (χ4v) is 1.92. The van der Waals surface area contributed by atoms with E-state index in [0.29, 0.717) is 10.8 Å². The molecule has 0 amide bonds. The zero-order valence-corrected chi connectivity index (χ0v) is 10.4. The van der Waals surface area contributed by atoms with Crippen LogP contribution in [0.15, 0.2) is 24.3 Å². The zero-order valence-electron chi connectivity index (χ0n) is 9.65. The molecule has 4 nitrogen and oxygen atoms in total. The molecule has 5 heteroatoms. The third-order valence-electron chi connectivity index (χ3n) is 2.55.